The molecule has 0 spiro atoms. The third kappa shape index (κ3) is 4.27. The van der Waals surface area contributed by atoms with E-state index in [9.17, 15) is 4.79 Å². The first-order valence-corrected chi connectivity index (χ1v) is 7.70. The number of rotatable bonds is 6. The Morgan fingerprint density at radius 2 is 1.94 bits per heavy atom. The standard InChI is InChI=1S/C15H28N2O/c1-3-12(2)10-15(18)17-8-6-14(7-9-17)16-11-13-4-5-13/h12-14,16H,3-11H2,1-2H3. The Labute approximate surface area is 111 Å². The molecule has 1 saturated heterocycles. The average Bonchev–Trinajstić information content (AvgIpc) is 3.20. The van der Waals surface area contributed by atoms with Gasteiger partial charge in [-0.3, -0.25) is 4.79 Å². The van der Waals surface area contributed by atoms with Crippen molar-refractivity contribution in [1.82, 2.24) is 10.2 Å². The van der Waals surface area contributed by atoms with Crippen LogP contribution in [0.5, 0.6) is 0 Å². The highest BCUT2D eigenvalue weighted by atomic mass is 16.2. The predicted octanol–water partition coefficient (Wildman–Crippen LogP) is 2.41. The van der Waals surface area contributed by atoms with Gasteiger partial charge in [0.1, 0.15) is 0 Å². The number of hydrogen-bond acceptors (Lipinski definition) is 2. The lowest BCUT2D eigenvalue weighted by atomic mass is 10.0. The molecule has 1 saturated carbocycles. The molecule has 0 radical (unpaired) electrons. The fraction of sp³-hybridized carbons (Fsp3) is 0.933. The van der Waals surface area contributed by atoms with Gasteiger partial charge in [0.25, 0.3) is 0 Å². The molecule has 2 fully saturated rings. The molecule has 0 aromatic rings. The number of nitrogens with zero attached hydrogens (tertiary/aromatic N) is 1. The van der Waals surface area contributed by atoms with Crippen molar-refractivity contribution < 1.29 is 4.79 Å². The normalized spacial score (nSPS) is 23.1. The molecule has 1 atom stereocenters. The van der Waals surface area contributed by atoms with Crippen LogP contribution in [-0.4, -0.2) is 36.5 Å². The van der Waals surface area contributed by atoms with E-state index in [1.54, 1.807) is 0 Å². The summed E-state index contributed by atoms with van der Waals surface area (Å²) >= 11 is 0. The van der Waals surface area contributed by atoms with Crippen molar-refractivity contribution in [2.24, 2.45) is 11.8 Å². The smallest absolute Gasteiger partial charge is 0.222 e. The number of amides is 1. The van der Waals surface area contributed by atoms with Crippen LogP contribution in [0.4, 0.5) is 0 Å². The number of hydrogen-bond donors (Lipinski definition) is 1. The zero-order valence-corrected chi connectivity index (χ0v) is 12.0. The number of carbonyl (C=O) groups excluding carboxylic acids is 1. The summed E-state index contributed by atoms with van der Waals surface area (Å²) in [6.07, 6.45) is 6.94. The van der Waals surface area contributed by atoms with Gasteiger partial charge in [0, 0.05) is 25.6 Å². The molecular formula is C15H28N2O. The molecule has 0 aromatic carbocycles. The first-order chi connectivity index (χ1) is 8.69. The second kappa shape index (κ2) is 6.55. The van der Waals surface area contributed by atoms with Crippen LogP contribution in [0, 0.1) is 11.8 Å². The van der Waals surface area contributed by atoms with E-state index in [0.717, 1.165) is 44.7 Å². The molecule has 1 unspecified atom stereocenters. The lowest BCUT2D eigenvalue weighted by Crippen LogP contribution is -2.45. The second-order valence-corrected chi connectivity index (χ2v) is 6.22. The molecule has 104 valence electrons. The Morgan fingerprint density at radius 3 is 2.50 bits per heavy atom. The molecule has 1 N–H and O–H groups in total. The van der Waals surface area contributed by atoms with Crippen molar-refractivity contribution in [3.8, 4) is 0 Å². The highest BCUT2D eigenvalue weighted by molar-refractivity contribution is 5.76. The lowest BCUT2D eigenvalue weighted by Gasteiger charge is -2.33. The molecule has 0 bridgehead atoms. The van der Waals surface area contributed by atoms with Gasteiger partial charge in [-0.25, -0.2) is 0 Å². The van der Waals surface area contributed by atoms with Gasteiger partial charge in [-0.1, -0.05) is 20.3 Å². The maximum absolute atomic E-state index is 12.1. The molecule has 18 heavy (non-hydrogen) atoms. The first kappa shape index (κ1) is 13.9. The van der Waals surface area contributed by atoms with Crippen molar-refractivity contribution >= 4 is 5.91 Å². The van der Waals surface area contributed by atoms with E-state index in [2.05, 4.69) is 24.1 Å². The Balaban J connectivity index is 1.63. The quantitative estimate of drug-likeness (QED) is 0.787. The van der Waals surface area contributed by atoms with E-state index in [4.69, 9.17) is 0 Å². The fourth-order valence-electron chi connectivity index (χ4n) is 2.56. The van der Waals surface area contributed by atoms with Crippen molar-refractivity contribution in [3.05, 3.63) is 0 Å². The van der Waals surface area contributed by atoms with Crippen molar-refractivity contribution in [1.29, 1.82) is 0 Å². The van der Waals surface area contributed by atoms with Crippen LogP contribution in [0.25, 0.3) is 0 Å². The molecule has 1 aliphatic carbocycles. The maximum Gasteiger partial charge on any atom is 0.222 e. The third-order valence-electron chi connectivity index (χ3n) is 4.46. The summed E-state index contributed by atoms with van der Waals surface area (Å²) in [6, 6.07) is 0.651. The molecule has 2 aliphatic rings. The largest absolute Gasteiger partial charge is 0.343 e. The Hall–Kier alpha value is -0.570. The molecular weight excluding hydrogens is 224 g/mol. The van der Waals surface area contributed by atoms with E-state index < -0.39 is 0 Å². The predicted molar refractivity (Wildman–Crippen MR) is 74.4 cm³/mol. The highest BCUT2D eigenvalue weighted by Gasteiger charge is 2.26. The van der Waals surface area contributed by atoms with E-state index in [1.165, 1.54) is 19.4 Å². The number of piperidine rings is 1. The average molecular weight is 252 g/mol. The topological polar surface area (TPSA) is 32.3 Å². The minimum atomic E-state index is 0.366. The Kier molecular flexibility index (Phi) is 5.04. The van der Waals surface area contributed by atoms with E-state index in [-0.39, 0.29) is 0 Å². The zero-order valence-electron chi connectivity index (χ0n) is 12.0. The zero-order chi connectivity index (χ0) is 13.0. The van der Waals surface area contributed by atoms with Crippen LogP contribution in [0.3, 0.4) is 0 Å². The Morgan fingerprint density at radius 1 is 1.28 bits per heavy atom. The summed E-state index contributed by atoms with van der Waals surface area (Å²) in [6.45, 7) is 7.44. The Bertz CT molecular complexity index is 268. The van der Waals surface area contributed by atoms with Crippen LogP contribution in [0.15, 0.2) is 0 Å². The molecule has 2 rings (SSSR count). The second-order valence-electron chi connectivity index (χ2n) is 6.22. The lowest BCUT2D eigenvalue weighted by molar-refractivity contribution is -0.133. The fourth-order valence-corrected chi connectivity index (χ4v) is 2.56. The monoisotopic (exact) mass is 252 g/mol. The summed E-state index contributed by atoms with van der Waals surface area (Å²) < 4.78 is 0. The summed E-state index contributed by atoms with van der Waals surface area (Å²) in [5.74, 6) is 1.85. The van der Waals surface area contributed by atoms with Crippen molar-refractivity contribution in [3.63, 3.8) is 0 Å². The van der Waals surface area contributed by atoms with Crippen LogP contribution >= 0.6 is 0 Å². The molecule has 1 aliphatic heterocycles. The maximum atomic E-state index is 12.1. The third-order valence-corrected chi connectivity index (χ3v) is 4.46. The van der Waals surface area contributed by atoms with Gasteiger partial charge in [-0.15, -0.1) is 0 Å². The molecule has 3 nitrogen and oxygen atoms in total. The van der Waals surface area contributed by atoms with Gasteiger partial charge in [0.15, 0.2) is 0 Å². The van der Waals surface area contributed by atoms with Gasteiger partial charge in [0.05, 0.1) is 0 Å². The number of nitrogens with one attached hydrogen (secondary N) is 1. The van der Waals surface area contributed by atoms with Crippen LogP contribution in [-0.2, 0) is 4.79 Å². The van der Waals surface area contributed by atoms with Crippen LogP contribution in [0.2, 0.25) is 0 Å². The van der Waals surface area contributed by atoms with Crippen LogP contribution < -0.4 is 5.32 Å². The van der Waals surface area contributed by atoms with E-state index in [0.29, 0.717) is 17.9 Å². The highest BCUT2D eigenvalue weighted by Crippen LogP contribution is 2.28. The van der Waals surface area contributed by atoms with Crippen molar-refractivity contribution in [2.45, 2.75) is 58.4 Å². The molecule has 3 heteroatoms. The first-order valence-electron chi connectivity index (χ1n) is 7.70. The molecule has 1 heterocycles. The SMILES string of the molecule is CCC(C)CC(=O)N1CCC(NCC2CC2)CC1. The number of likely N-dealkylation sites (tertiary alicyclic amines) is 1. The number of carbonyl (C=O) groups is 1. The summed E-state index contributed by atoms with van der Waals surface area (Å²) in [5.41, 5.74) is 0. The molecule has 0 aromatic heterocycles. The minimum Gasteiger partial charge on any atom is -0.343 e. The van der Waals surface area contributed by atoms with Gasteiger partial charge in [-0.2, -0.15) is 0 Å². The summed E-state index contributed by atoms with van der Waals surface area (Å²) in [5, 5.41) is 3.66. The van der Waals surface area contributed by atoms with E-state index in [1.807, 2.05) is 0 Å². The summed E-state index contributed by atoms with van der Waals surface area (Å²) in [7, 11) is 0. The van der Waals surface area contributed by atoms with Crippen molar-refractivity contribution in [2.75, 3.05) is 19.6 Å². The van der Waals surface area contributed by atoms with E-state index >= 15 is 0 Å². The summed E-state index contributed by atoms with van der Waals surface area (Å²) in [4.78, 5) is 14.1. The van der Waals surface area contributed by atoms with Gasteiger partial charge in [0.2, 0.25) is 5.91 Å². The van der Waals surface area contributed by atoms with Crippen LogP contribution in [0.1, 0.15) is 52.4 Å². The molecule has 1 amide bonds. The van der Waals surface area contributed by atoms with Gasteiger partial charge in [-0.05, 0) is 44.1 Å². The minimum absolute atomic E-state index is 0.366. The van der Waals surface area contributed by atoms with Gasteiger partial charge >= 0.3 is 0 Å². The van der Waals surface area contributed by atoms with Gasteiger partial charge < -0.3 is 10.2 Å².